The molecule has 1 aliphatic rings. The normalized spacial score (nSPS) is 15.0. The molecular weight excluding hydrogens is 452 g/mol. The van der Waals surface area contributed by atoms with Crippen LogP contribution in [-0.2, 0) is 10.0 Å². The largest absolute Gasteiger partial charge is 0.336 e. The van der Waals surface area contributed by atoms with Gasteiger partial charge in [0.25, 0.3) is 5.91 Å². The van der Waals surface area contributed by atoms with Crippen LogP contribution in [-0.4, -0.2) is 65.3 Å². The molecule has 166 valence electrons. The van der Waals surface area contributed by atoms with Crippen LogP contribution in [0.5, 0.6) is 0 Å². The molecule has 1 aliphatic heterocycles. The summed E-state index contributed by atoms with van der Waals surface area (Å²) >= 11 is 6.20. The van der Waals surface area contributed by atoms with Crippen molar-refractivity contribution in [3.63, 3.8) is 0 Å². The number of carbonyl (C=O) groups is 2. The number of Topliss-reactive ketones (excluding diaryl/α,β-unsaturated/α-hetero) is 1. The predicted molar refractivity (Wildman–Crippen MR) is 120 cm³/mol. The number of hydrogen-bond donors (Lipinski definition) is 0. The third-order valence-electron chi connectivity index (χ3n) is 5.33. The predicted octanol–water partition coefficient (Wildman–Crippen LogP) is 2.88. The molecule has 2 heterocycles. The van der Waals surface area contributed by atoms with Gasteiger partial charge in [0.1, 0.15) is 0 Å². The molecule has 0 aliphatic carbocycles. The molecule has 1 aromatic heterocycles. The van der Waals surface area contributed by atoms with E-state index in [1.807, 2.05) is 12.1 Å². The van der Waals surface area contributed by atoms with Crippen molar-refractivity contribution in [2.75, 3.05) is 26.2 Å². The number of rotatable bonds is 5. The lowest BCUT2D eigenvalue weighted by atomic mass is 10.2. The number of benzene rings is 2. The lowest BCUT2D eigenvalue weighted by Gasteiger charge is -2.33. The average Bonchev–Trinajstić information content (AvgIpc) is 3.29. The van der Waals surface area contributed by atoms with E-state index in [9.17, 15) is 18.0 Å². The van der Waals surface area contributed by atoms with Gasteiger partial charge in [-0.1, -0.05) is 35.9 Å². The zero-order chi connectivity index (χ0) is 22.9. The van der Waals surface area contributed by atoms with E-state index < -0.39 is 10.0 Å². The van der Waals surface area contributed by atoms with Gasteiger partial charge in [0.2, 0.25) is 10.0 Å². The van der Waals surface area contributed by atoms with E-state index in [2.05, 4.69) is 5.10 Å². The first-order valence-electron chi connectivity index (χ1n) is 9.97. The monoisotopic (exact) mass is 472 g/mol. The third-order valence-corrected chi connectivity index (χ3v) is 7.55. The summed E-state index contributed by atoms with van der Waals surface area (Å²) in [5.74, 6) is -0.422. The molecule has 32 heavy (non-hydrogen) atoms. The molecule has 0 spiro atoms. The molecule has 0 saturated carbocycles. The Bertz CT molecular complexity index is 1280. The number of para-hydroxylation sites is 1. The van der Waals surface area contributed by atoms with Crippen LogP contribution in [0.25, 0.3) is 5.69 Å². The average molecular weight is 473 g/mol. The van der Waals surface area contributed by atoms with Crippen molar-refractivity contribution in [2.24, 2.45) is 0 Å². The summed E-state index contributed by atoms with van der Waals surface area (Å²) in [7, 11) is -3.76. The van der Waals surface area contributed by atoms with E-state index in [4.69, 9.17) is 11.6 Å². The van der Waals surface area contributed by atoms with Gasteiger partial charge in [-0.05, 0) is 31.2 Å². The minimum atomic E-state index is -3.76. The summed E-state index contributed by atoms with van der Waals surface area (Å²) in [6, 6.07) is 13.2. The van der Waals surface area contributed by atoms with Gasteiger partial charge in [-0.3, -0.25) is 9.59 Å². The Morgan fingerprint density at radius 3 is 2.38 bits per heavy atom. The van der Waals surface area contributed by atoms with Gasteiger partial charge in [-0.2, -0.15) is 9.40 Å². The van der Waals surface area contributed by atoms with Crippen molar-refractivity contribution in [1.29, 1.82) is 0 Å². The highest BCUT2D eigenvalue weighted by atomic mass is 35.5. The Hall–Kier alpha value is -3.01. The van der Waals surface area contributed by atoms with Crippen LogP contribution in [0, 0.1) is 0 Å². The summed E-state index contributed by atoms with van der Waals surface area (Å²) in [6.45, 7) is 2.22. The first-order chi connectivity index (χ1) is 15.3. The number of aromatic nitrogens is 2. The molecule has 0 unspecified atom stereocenters. The van der Waals surface area contributed by atoms with E-state index in [-0.39, 0.29) is 42.8 Å². The maximum absolute atomic E-state index is 13.0. The number of hydrogen-bond acceptors (Lipinski definition) is 5. The molecule has 0 radical (unpaired) electrons. The molecule has 1 saturated heterocycles. The third kappa shape index (κ3) is 4.32. The van der Waals surface area contributed by atoms with Crippen LogP contribution in [0.1, 0.15) is 27.6 Å². The molecule has 3 aromatic rings. The van der Waals surface area contributed by atoms with Gasteiger partial charge in [0.05, 0.1) is 27.4 Å². The molecule has 0 N–H and O–H groups in total. The van der Waals surface area contributed by atoms with Gasteiger partial charge in [-0.15, -0.1) is 0 Å². The van der Waals surface area contributed by atoms with E-state index in [0.29, 0.717) is 21.8 Å². The minimum absolute atomic E-state index is 0.0750. The Kier molecular flexibility index (Phi) is 6.14. The van der Waals surface area contributed by atoms with Crippen LogP contribution < -0.4 is 0 Å². The minimum Gasteiger partial charge on any atom is -0.336 e. The van der Waals surface area contributed by atoms with E-state index >= 15 is 0 Å². The Morgan fingerprint density at radius 1 is 0.969 bits per heavy atom. The number of ketones is 1. The second-order valence-electron chi connectivity index (χ2n) is 7.41. The second-order valence-corrected chi connectivity index (χ2v) is 9.75. The van der Waals surface area contributed by atoms with Crippen LogP contribution in [0.2, 0.25) is 5.02 Å². The fourth-order valence-electron chi connectivity index (χ4n) is 3.54. The standard InChI is InChI=1S/C22H21ClN4O4S/c1-16(28)17-5-4-6-19(13-17)32(30,31)26-11-9-25(10-12-26)22(29)18-14-24-27(15-18)21-8-3-2-7-20(21)23/h2-8,13-15H,9-12H2,1H3. The molecule has 4 rings (SSSR count). The lowest BCUT2D eigenvalue weighted by molar-refractivity contribution is 0.0697. The van der Waals surface area contributed by atoms with Gasteiger partial charge < -0.3 is 4.90 Å². The fraction of sp³-hybridized carbons (Fsp3) is 0.227. The van der Waals surface area contributed by atoms with E-state index in [1.165, 1.54) is 34.2 Å². The molecule has 2 aromatic carbocycles. The molecule has 10 heteroatoms. The number of amides is 1. The highest BCUT2D eigenvalue weighted by Crippen LogP contribution is 2.22. The molecule has 8 nitrogen and oxygen atoms in total. The second kappa shape index (κ2) is 8.85. The molecular formula is C22H21ClN4O4S. The number of piperazine rings is 1. The van der Waals surface area contributed by atoms with Crippen molar-refractivity contribution in [3.8, 4) is 5.69 Å². The zero-order valence-corrected chi connectivity index (χ0v) is 18.9. The summed E-state index contributed by atoms with van der Waals surface area (Å²) in [6.07, 6.45) is 3.09. The van der Waals surface area contributed by atoms with Crippen LogP contribution in [0.3, 0.4) is 0 Å². The van der Waals surface area contributed by atoms with Crippen LogP contribution in [0.15, 0.2) is 65.8 Å². The number of carbonyl (C=O) groups excluding carboxylic acids is 2. The summed E-state index contributed by atoms with van der Waals surface area (Å²) in [5, 5.41) is 4.75. The quantitative estimate of drug-likeness (QED) is 0.532. The lowest BCUT2D eigenvalue weighted by Crippen LogP contribution is -2.50. The Labute approximate surface area is 191 Å². The first-order valence-corrected chi connectivity index (χ1v) is 11.8. The SMILES string of the molecule is CC(=O)c1cccc(S(=O)(=O)N2CCN(C(=O)c3cnn(-c4ccccc4Cl)c3)CC2)c1. The zero-order valence-electron chi connectivity index (χ0n) is 17.3. The van der Waals surface area contributed by atoms with Crippen molar-refractivity contribution < 1.29 is 18.0 Å². The van der Waals surface area contributed by atoms with Crippen LogP contribution in [0.4, 0.5) is 0 Å². The van der Waals surface area contributed by atoms with Crippen molar-refractivity contribution in [2.45, 2.75) is 11.8 Å². The summed E-state index contributed by atoms with van der Waals surface area (Å²) < 4.78 is 28.8. The maximum Gasteiger partial charge on any atom is 0.257 e. The fourth-order valence-corrected chi connectivity index (χ4v) is 5.23. The van der Waals surface area contributed by atoms with Crippen molar-refractivity contribution in [3.05, 3.63) is 77.1 Å². The van der Waals surface area contributed by atoms with Gasteiger partial charge in [-0.25, -0.2) is 13.1 Å². The van der Waals surface area contributed by atoms with Crippen LogP contribution >= 0.6 is 11.6 Å². The van der Waals surface area contributed by atoms with E-state index in [1.54, 1.807) is 35.4 Å². The van der Waals surface area contributed by atoms with E-state index in [0.717, 1.165) is 0 Å². The highest BCUT2D eigenvalue weighted by Gasteiger charge is 2.31. The molecule has 1 fully saturated rings. The first kappa shape index (κ1) is 22.2. The number of nitrogens with zero attached hydrogens (tertiary/aromatic N) is 4. The molecule has 0 bridgehead atoms. The van der Waals surface area contributed by atoms with Crippen molar-refractivity contribution in [1.82, 2.24) is 19.0 Å². The molecule has 1 amide bonds. The Morgan fingerprint density at radius 2 is 1.69 bits per heavy atom. The van der Waals surface area contributed by atoms with Crippen molar-refractivity contribution >= 4 is 33.3 Å². The van der Waals surface area contributed by atoms with Gasteiger partial charge in [0.15, 0.2) is 5.78 Å². The Balaban J connectivity index is 1.45. The smallest absolute Gasteiger partial charge is 0.257 e. The molecule has 0 atom stereocenters. The summed E-state index contributed by atoms with van der Waals surface area (Å²) in [4.78, 5) is 26.2. The number of halogens is 1. The van der Waals surface area contributed by atoms with Gasteiger partial charge >= 0.3 is 0 Å². The van der Waals surface area contributed by atoms with Gasteiger partial charge in [0, 0.05) is 37.9 Å². The summed E-state index contributed by atoms with van der Waals surface area (Å²) in [5.41, 5.74) is 1.41. The maximum atomic E-state index is 13.0. The highest BCUT2D eigenvalue weighted by molar-refractivity contribution is 7.89. The number of sulfonamides is 1. The topological polar surface area (TPSA) is 92.6 Å².